The van der Waals surface area contributed by atoms with Crippen molar-refractivity contribution in [1.82, 2.24) is 4.90 Å². The summed E-state index contributed by atoms with van der Waals surface area (Å²) < 4.78 is 5.38. The molecule has 0 bridgehead atoms. The third kappa shape index (κ3) is 2.00. The summed E-state index contributed by atoms with van der Waals surface area (Å²) in [7, 11) is 1.68. The Bertz CT molecular complexity index is 366. The van der Waals surface area contributed by atoms with E-state index >= 15 is 0 Å². The Hall–Kier alpha value is -1.10. The number of amides is 1. The summed E-state index contributed by atoms with van der Waals surface area (Å²) in [4.78, 5) is 24.8. The first kappa shape index (κ1) is 13.3. The van der Waals surface area contributed by atoms with Gasteiger partial charge < -0.3 is 14.7 Å². The summed E-state index contributed by atoms with van der Waals surface area (Å²) in [5.41, 5.74) is -0.0925. The molecule has 0 radical (unpaired) electrons. The summed E-state index contributed by atoms with van der Waals surface area (Å²) >= 11 is 0. The highest BCUT2D eigenvalue weighted by Gasteiger charge is 2.53. The van der Waals surface area contributed by atoms with Crippen LogP contribution in [-0.2, 0) is 14.3 Å². The topological polar surface area (TPSA) is 66.8 Å². The molecule has 0 spiro atoms. The van der Waals surface area contributed by atoms with E-state index in [1.165, 1.54) is 0 Å². The van der Waals surface area contributed by atoms with Gasteiger partial charge in [-0.15, -0.1) is 0 Å². The maximum atomic E-state index is 12.0. The van der Waals surface area contributed by atoms with Gasteiger partial charge in [-0.3, -0.25) is 9.59 Å². The standard InChI is InChI=1S/C13H21NO4/c1-13(2)9(6-10(13)18-3)14-7-8(12(16)17)4-5-11(14)15/h8-10H,4-7H2,1-3H3,(H,16,17). The van der Waals surface area contributed by atoms with Crippen molar-refractivity contribution in [3.05, 3.63) is 0 Å². The number of rotatable bonds is 3. The molecule has 1 saturated carbocycles. The molecule has 1 amide bonds. The Labute approximate surface area is 107 Å². The number of carbonyl (C=O) groups excluding carboxylic acids is 1. The molecule has 1 N–H and O–H groups in total. The van der Waals surface area contributed by atoms with Crippen LogP contribution in [0.5, 0.6) is 0 Å². The lowest BCUT2D eigenvalue weighted by atomic mass is 9.63. The van der Waals surface area contributed by atoms with Gasteiger partial charge in [0.1, 0.15) is 0 Å². The predicted octanol–water partition coefficient (Wildman–Crippen LogP) is 1.12. The first-order chi connectivity index (χ1) is 8.37. The van der Waals surface area contributed by atoms with Crippen LogP contribution in [0.3, 0.4) is 0 Å². The maximum absolute atomic E-state index is 12.0. The molecule has 0 aromatic rings. The second kappa shape index (κ2) is 4.53. The lowest BCUT2D eigenvalue weighted by molar-refractivity contribution is -0.170. The number of carboxylic acid groups (broad SMARTS) is 1. The Morgan fingerprint density at radius 3 is 2.67 bits per heavy atom. The van der Waals surface area contributed by atoms with Crippen LogP contribution in [0.1, 0.15) is 33.1 Å². The van der Waals surface area contributed by atoms with Crippen molar-refractivity contribution in [2.45, 2.75) is 45.3 Å². The zero-order valence-corrected chi connectivity index (χ0v) is 11.2. The number of hydrogen-bond donors (Lipinski definition) is 1. The van der Waals surface area contributed by atoms with E-state index in [1.54, 1.807) is 12.0 Å². The van der Waals surface area contributed by atoms with Crippen LogP contribution < -0.4 is 0 Å². The molecule has 102 valence electrons. The number of hydrogen-bond acceptors (Lipinski definition) is 3. The molecule has 2 aliphatic rings. The molecule has 5 heteroatoms. The fraction of sp³-hybridized carbons (Fsp3) is 0.846. The van der Waals surface area contributed by atoms with Crippen LogP contribution in [0.15, 0.2) is 0 Å². The van der Waals surface area contributed by atoms with E-state index < -0.39 is 11.9 Å². The van der Waals surface area contributed by atoms with Gasteiger partial charge in [0.2, 0.25) is 5.91 Å². The average Bonchev–Trinajstić information content (AvgIpc) is 2.30. The highest BCUT2D eigenvalue weighted by atomic mass is 16.5. The molecule has 5 nitrogen and oxygen atoms in total. The van der Waals surface area contributed by atoms with E-state index in [1.807, 2.05) is 0 Å². The quantitative estimate of drug-likeness (QED) is 0.820. The predicted molar refractivity (Wildman–Crippen MR) is 65.1 cm³/mol. The van der Waals surface area contributed by atoms with E-state index in [0.717, 1.165) is 6.42 Å². The Balaban J connectivity index is 2.08. The van der Waals surface area contributed by atoms with Crippen molar-refractivity contribution < 1.29 is 19.4 Å². The third-order valence-electron chi connectivity index (χ3n) is 4.58. The molecular formula is C13H21NO4. The normalized spacial score (nSPS) is 35.2. The minimum atomic E-state index is -0.798. The van der Waals surface area contributed by atoms with Crippen LogP contribution >= 0.6 is 0 Å². The molecule has 2 rings (SSSR count). The largest absolute Gasteiger partial charge is 0.481 e. The van der Waals surface area contributed by atoms with Crippen molar-refractivity contribution >= 4 is 11.9 Å². The van der Waals surface area contributed by atoms with Gasteiger partial charge >= 0.3 is 5.97 Å². The lowest BCUT2D eigenvalue weighted by Gasteiger charge is -2.56. The SMILES string of the molecule is COC1CC(N2CC(C(=O)O)CCC2=O)C1(C)C. The van der Waals surface area contributed by atoms with E-state index in [4.69, 9.17) is 9.84 Å². The zero-order chi connectivity index (χ0) is 13.5. The fourth-order valence-electron chi connectivity index (χ4n) is 3.17. The molecule has 0 aromatic carbocycles. The van der Waals surface area contributed by atoms with Gasteiger partial charge in [0.15, 0.2) is 0 Å². The van der Waals surface area contributed by atoms with Crippen molar-refractivity contribution in [1.29, 1.82) is 0 Å². The summed E-state index contributed by atoms with van der Waals surface area (Å²) in [6.07, 6.45) is 1.77. The third-order valence-corrected chi connectivity index (χ3v) is 4.58. The highest BCUT2D eigenvalue weighted by molar-refractivity contribution is 5.81. The second-order valence-electron chi connectivity index (χ2n) is 5.92. The number of ether oxygens (including phenoxy) is 1. The van der Waals surface area contributed by atoms with E-state index in [2.05, 4.69) is 13.8 Å². The number of aliphatic carboxylic acids is 1. The number of carbonyl (C=O) groups is 2. The Morgan fingerprint density at radius 1 is 1.50 bits per heavy atom. The van der Waals surface area contributed by atoms with Gasteiger partial charge in [-0.25, -0.2) is 0 Å². The molecule has 3 unspecified atom stereocenters. The summed E-state index contributed by atoms with van der Waals surface area (Å²) in [5, 5.41) is 9.08. The summed E-state index contributed by atoms with van der Waals surface area (Å²) in [5.74, 6) is -1.13. The summed E-state index contributed by atoms with van der Waals surface area (Å²) in [6, 6.07) is 0.108. The van der Waals surface area contributed by atoms with E-state index in [-0.39, 0.29) is 23.5 Å². The number of piperidine rings is 1. The number of methoxy groups -OCH3 is 1. The fourth-order valence-corrected chi connectivity index (χ4v) is 3.17. The molecule has 3 atom stereocenters. The zero-order valence-electron chi connectivity index (χ0n) is 11.2. The Morgan fingerprint density at radius 2 is 2.17 bits per heavy atom. The minimum Gasteiger partial charge on any atom is -0.481 e. The first-order valence-electron chi connectivity index (χ1n) is 6.43. The molecule has 1 aliphatic heterocycles. The van der Waals surface area contributed by atoms with Crippen LogP contribution in [-0.4, -0.2) is 47.7 Å². The molecule has 2 fully saturated rings. The molecule has 1 heterocycles. The molecular weight excluding hydrogens is 234 g/mol. The average molecular weight is 255 g/mol. The number of nitrogens with zero attached hydrogens (tertiary/aromatic N) is 1. The molecule has 1 aliphatic carbocycles. The Kier molecular flexibility index (Phi) is 3.36. The second-order valence-corrected chi connectivity index (χ2v) is 5.92. The van der Waals surface area contributed by atoms with Crippen LogP contribution in [0.2, 0.25) is 0 Å². The van der Waals surface area contributed by atoms with Crippen LogP contribution in [0.25, 0.3) is 0 Å². The van der Waals surface area contributed by atoms with Crippen molar-refractivity contribution in [3.8, 4) is 0 Å². The van der Waals surface area contributed by atoms with Gasteiger partial charge in [0, 0.05) is 31.5 Å². The first-order valence-corrected chi connectivity index (χ1v) is 6.43. The number of carboxylic acids is 1. The molecule has 18 heavy (non-hydrogen) atoms. The van der Waals surface area contributed by atoms with Crippen molar-refractivity contribution in [2.24, 2.45) is 11.3 Å². The number of likely N-dealkylation sites (tertiary alicyclic amines) is 1. The van der Waals surface area contributed by atoms with Gasteiger partial charge in [-0.2, -0.15) is 0 Å². The van der Waals surface area contributed by atoms with Gasteiger partial charge in [-0.1, -0.05) is 13.8 Å². The maximum Gasteiger partial charge on any atom is 0.308 e. The monoisotopic (exact) mass is 255 g/mol. The van der Waals surface area contributed by atoms with Crippen LogP contribution in [0, 0.1) is 11.3 Å². The van der Waals surface area contributed by atoms with Gasteiger partial charge in [0.05, 0.1) is 12.0 Å². The van der Waals surface area contributed by atoms with Gasteiger partial charge in [-0.05, 0) is 12.8 Å². The molecule has 0 aromatic heterocycles. The summed E-state index contributed by atoms with van der Waals surface area (Å²) in [6.45, 7) is 4.50. The van der Waals surface area contributed by atoms with Crippen molar-refractivity contribution in [2.75, 3.05) is 13.7 Å². The van der Waals surface area contributed by atoms with Crippen LogP contribution in [0.4, 0.5) is 0 Å². The van der Waals surface area contributed by atoms with Gasteiger partial charge in [0.25, 0.3) is 0 Å². The highest BCUT2D eigenvalue weighted by Crippen LogP contribution is 2.46. The van der Waals surface area contributed by atoms with Crippen molar-refractivity contribution in [3.63, 3.8) is 0 Å². The van der Waals surface area contributed by atoms with E-state index in [0.29, 0.717) is 19.4 Å². The molecule has 1 saturated heterocycles. The smallest absolute Gasteiger partial charge is 0.308 e. The minimum absolute atomic E-state index is 0.0835. The lowest BCUT2D eigenvalue weighted by Crippen LogP contribution is -2.64. The van der Waals surface area contributed by atoms with E-state index in [9.17, 15) is 9.59 Å².